The molecule has 0 spiro atoms. The molecule has 0 aromatic carbocycles. The predicted molar refractivity (Wildman–Crippen MR) is 53.9 cm³/mol. The molecule has 2 heterocycles. The lowest BCUT2D eigenvalue weighted by Gasteiger charge is -2.19. The number of nitrogens with two attached hydrogens (primary N) is 1. The molecule has 0 amide bonds. The first-order chi connectivity index (χ1) is 6.31. The maximum atomic E-state index is 5.65. The van der Waals surface area contributed by atoms with Gasteiger partial charge >= 0.3 is 0 Å². The maximum absolute atomic E-state index is 5.65. The van der Waals surface area contributed by atoms with Crippen molar-refractivity contribution in [2.24, 2.45) is 11.7 Å². The van der Waals surface area contributed by atoms with Crippen LogP contribution in [-0.2, 0) is 0 Å². The molecule has 0 saturated carbocycles. The van der Waals surface area contributed by atoms with Gasteiger partial charge in [-0.15, -0.1) is 10.2 Å². The highest BCUT2D eigenvalue weighted by atomic mass is 32.1. The summed E-state index contributed by atoms with van der Waals surface area (Å²) in [4.78, 5) is 2.30. The molecular formula is C8H14N4S. The number of rotatable bonds is 2. The summed E-state index contributed by atoms with van der Waals surface area (Å²) in [6.07, 6.45) is 1.18. The van der Waals surface area contributed by atoms with Crippen molar-refractivity contribution in [1.82, 2.24) is 10.2 Å². The third kappa shape index (κ3) is 1.66. The fourth-order valence-electron chi connectivity index (χ4n) is 1.87. The number of hydrogen-bond acceptors (Lipinski definition) is 5. The summed E-state index contributed by atoms with van der Waals surface area (Å²) >= 11 is 1.60. The zero-order valence-electron chi connectivity index (χ0n) is 7.68. The molecule has 1 aliphatic heterocycles. The summed E-state index contributed by atoms with van der Waals surface area (Å²) in [6, 6.07) is 0.557. The van der Waals surface area contributed by atoms with Crippen LogP contribution in [0.3, 0.4) is 0 Å². The standard InChI is InChI=1S/C8H14N4S/c1-6-2-7(3-9)4-12(6)8-11-10-5-13-8/h5-7H,2-4,9H2,1H3. The maximum Gasteiger partial charge on any atom is 0.208 e. The van der Waals surface area contributed by atoms with E-state index < -0.39 is 0 Å². The van der Waals surface area contributed by atoms with Crippen molar-refractivity contribution in [3.8, 4) is 0 Å². The molecule has 1 fully saturated rings. The third-order valence-corrected chi connectivity index (χ3v) is 3.32. The van der Waals surface area contributed by atoms with Gasteiger partial charge < -0.3 is 10.6 Å². The Balaban J connectivity index is 2.09. The molecule has 4 nitrogen and oxygen atoms in total. The smallest absolute Gasteiger partial charge is 0.208 e. The van der Waals surface area contributed by atoms with Gasteiger partial charge in [-0.1, -0.05) is 11.3 Å². The Morgan fingerprint density at radius 3 is 3.15 bits per heavy atom. The summed E-state index contributed by atoms with van der Waals surface area (Å²) in [6.45, 7) is 4.03. The van der Waals surface area contributed by atoms with Gasteiger partial charge in [0.1, 0.15) is 5.51 Å². The van der Waals surface area contributed by atoms with Crippen molar-refractivity contribution < 1.29 is 0 Å². The van der Waals surface area contributed by atoms with Gasteiger partial charge in [0.05, 0.1) is 0 Å². The summed E-state index contributed by atoms with van der Waals surface area (Å²) in [5, 5.41) is 8.95. The summed E-state index contributed by atoms with van der Waals surface area (Å²) < 4.78 is 0. The first-order valence-electron chi connectivity index (χ1n) is 4.54. The topological polar surface area (TPSA) is 55.0 Å². The van der Waals surface area contributed by atoms with E-state index in [1.165, 1.54) is 6.42 Å². The molecule has 1 aromatic heterocycles. The van der Waals surface area contributed by atoms with E-state index in [9.17, 15) is 0 Å². The molecule has 0 bridgehead atoms. The van der Waals surface area contributed by atoms with Crippen LogP contribution >= 0.6 is 11.3 Å². The second-order valence-electron chi connectivity index (χ2n) is 3.56. The molecule has 2 N–H and O–H groups in total. The minimum absolute atomic E-state index is 0.557. The zero-order valence-corrected chi connectivity index (χ0v) is 8.50. The van der Waals surface area contributed by atoms with Gasteiger partial charge in [0, 0.05) is 12.6 Å². The number of aromatic nitrogens is 2. The second kappa shape index (κ2) is 3.59. The average molecular weight is 198 g/mol. The van der Waals surface area contributed by atoms with E-state index in [2.05, 4.69) is 22.0 Å². The van der Waals surface area contributed by atoms with Crippen LogP contribution in [0.25, 0.3) is 0 Å². The minimum atomic E-state index is 0.557. The molecular weight excluding hydrogens is 184 g/mol. The Bertz CT molecular complexity index is 261. The van der Waals surface area contributed by atoms with Gasteiger partial charge in [0.2, 0.25) is 5.13 Å². The molecule has 1 aromatic rings. The van der Waals surface area contributed by atoms with E-state index >= 15 is 0 Å². The molecule has 2 rings (SSSR count). The molecule has 13 heavy (non-hydrogen) atoms. The zero-order chi connectivity index (χ0) is 9.26. The Labute approximate surface area is 81.8 Å². The van der Waals surface area contributed by atoms with Crippen LogP contribution in [0.15, 0.2) is 5.51 Å². The molecule has 2 atom stereocenters. The highest BCUT2D eigenvalue weighted by Crippen LogP contribution is 2.28. The SMILES string of the molecule is CC1CC(CN)CN1c1nncs1. The first kappa shape index (κ1) is 8.90. The van der Waals surface area contributed by atoms with Crippen molar-refractivity contribution in [3.05, 3.63) is 5.51 Å². The lowest BCUT2D eigenvalue weighted by Crippen LogP contribution is -2.27. The van der Waals surface area contributed by atoms with Gasteiger partial charge in [-0.25, -0.2) is 0 Å². The highest BCUT2D eigenvalue weighted by Gasteiger charge is 2.29. The molecule has 0 radical (unpaired) electrons. The molecule has 0 aliphatic carbocycles. The van der Waals surface area contributed by atoms with Gasteiger partial charge in [-0.05, 0) is 25.8 Å². The molecule has 1 aliphatic rings. The van der Waals surface area contributed by atoms with Gasteiger partial charge in [-0.2, -0.15) is 0 Å². The molecule has 72 valence electrons. The second-order valence-corrected chi connectivity index (χ2v) is 4.37. The average Bonchev–Trinajstić information content (AvgIpc) is 2.72. The van der Waals surface area contributed by atoms with Crippen LogP contribution in [0.5, 0.6) is 0 Å². The number of nitrogens with zero attached hydrogens (tertiary/aromatic N) is 3. The van der Waals surface area contributed by atoms with E-state index in [0.717, 1.165) is 18.2 Å². The quantitative estimate of drug-likeness (QED) is 0.760. The van der Waals surface area contributed by atoms with Crippen molar-refractivity contribution in [2.45, 2.75) is 19.4 Å². The van der Waals surface area contributed by atoms with Gasteiger partial charge in [-0.3, -0.25) is 0 Å². The lowest BCUT2D eigenvalue weighted by molar-refractivity contribution is 0.579. The van der Waals surface area contributed by atoms with Crippen molar-refractivity contribution in [3.63, 3.8) is 0 Å². The van der Waals surface area contributed by atoms with E-state index in [-0.39, 0.29) is 0 Å². The van der Waals surface area contributed by atoms with E-state index in [4.69, 9.17) is 5.73 Å². The van der Waals surface area contributed by atoms with Gasteiger partial charge in [0.15, 0.2) is 0 Å². The van der Waals surface area contributed by atoms with Crippen molar-refractivity contribution >= 4 is 16.5 Å². The van der Waals surface area contributed by atoms with Crippen LogP contribution in [0.1, 0.15) is 13.3 Å². The first-order valence-corrected chi connectivity index (χ1v) is 5.42. The molecule has 2 unspecified atom stereocenters. The van der Waals surface area contributed by atoms with Gasteiger partial charge in [0.25, 0.3) is 0 Å². The van der Waals surface area contributed by atoms with E-state index in [1.807, 2.05) is 0 Å². The largest absolute Gasteiger partial charge is 0.344 e. The monoisotopic (exact) mass is 198 g/mol. The summed E-state index contributed by atoms with van der Waals surface area (Å²) in [5.74, 6) is 0.624. The summed E-state index contributed by atoms with van der Waals surface area (Å²) in [7, 11) is 0. The van der Waals surface area contributed by atoms with Crippen LogP contribution in [0, 0.1) is 5.92 Å². The van der Waals surface area contributed by atoms with E-state index in [0.29, 0.717) is 12.0 Å². The van der Waals surface area contributed by atoms with Crippen LogP contribution in [-0.4, -0.2) is 29.3 Å². The molecule has 1 saturated heterocycles. The fraction of sp³-hybridized carbons (Fsp3) is 0.750. The van der Waals surface area contributed by atoms with Crippen molar-refractivity contribution in [2.75, 3.05) is 18.0 Å². The Kier molecular flexibility index (Phi) is 2.46. The Hall–Kier alpha value is -0.680. The third-order valence-electron chi connectivity index (χ3n) is 2.59. The predicted octanol–water partition coefficient (Wildman–Crippen LogP) is 0.712. The van der Waals surface area contributed by atoms with Crippen LogP contribution in [0.4, 0.5) is 5.13 Å². The Morgan fingerprint density at radius 2 is 2.62 bits per heavy atom. The normalized spacial score (nSPS) is 28.3. The van der Waals surface area contributed by atoms with Crippen LogP contribution in [0.2, 0.25) is 0 Å². The minimum Gasteiger partial charge on any atom is -0.344 e. The van der Waals surface area contributed by atoms with Crippen molar-refractivity contribution in [1.29, 1.82) is 0 Å². The van der Waals surface area contributed by atoms with Crippen LogP contribution < -0.4 is 10.6 Å². The lowest BCUT2D eigenvalue weighted by atomic mass is 10.1. The summed E-state index contributed by atoms with van der Waals surface area (Å²) in [5.41, 5.74) is 7.43. The fourth-order valence-corrected chi connectivity index (χ4v) is 2.54. The number of hydrogen-bond donors (Lipinski definition) is 1. The highest BCUT2D eigenvalue weighted by molar-refractivity contribution is 7.13. The number of anilines is 1. The Morgan fingerprint density at radius 1 is 1.77 bits per heavy atom. The van der Waals surface area contributed by atoms with E-state index in [1.54, 1.807) is 16.8 Å². The molecule has 5 heteroatoms.